The molecule has 0 spiro atoms. The Bertz CT molecular complexity index is 476. The molecular weight excluding hydrogens is 270 g/mol. The summed E-state index contributed by atoms with van der Waals surface area (Å²) in [6.07, 6.45) is 1.09. The molecule has 1 heterocycles. The van der Waals surface area contributed by atoms with Crippen LogP contribution in [0.4, 0.5) is 0 Å². The number of ether oxygens (including phenoxy) is 1. The molecule has 0 saturated heterocycles. The van der Waals surface area contributed by atoms with E-state index in [2.05, 4.69) is 9.73 Å². The van der Waals surface area contributed by atoms with E-state index in [1.54, 1.807) is 11.8 Å². The summed E-state index contributed by atoms with van der Waals surface area (Å²) < 4.78 is 4.65. The summed E-state index contributed by atoms with van der Waals surface area (Å²) in [4.78, 5) is 15.7. The molecule has 1 aliphatic rings. The normalized spacial score (nSPS) is 18.6. The summed E-state index contributed by atoms with van der Waals surface area (Å²) in [7, 11) is 1.40. The van der Waals surface area contributed by atoms with Crippen molar-refractivity contribution in [3.05, 3.63) is 34.9 Å². The van der Waals surface area contributed by atoms with Gasteiger partial charge in [-0.3, -0.25) is 9.79 Å². The molecule has 0 N–H and O–H groups in total. The van der Waals surface area contributed by atoms with Gasteiger partial charge in [-0.25, -0.2) is 0 Å². The lowest BCUT2D eigenvalue weighted by Gasteiger charge is -2.03. The van der Waals surface area contributed by atoms with Gasteiger partial charge in [-0.05, 0) is 11.6 Å². The topological polar surface area (TPSA) is 38.7 Å². The largest absolute Gasteiger partial charge is 0.469 e. The number of thioether (sulfide) groups is 1. The highest BCUT2D eigenvalue weighted by atomic mass is 35.5. The van der Waals surface area contributed by atoms with E-state index in [4.69, 9.17) is 11.6 Å². The second-order valence-corrected chi connectivity index (χ2v) is 5.54. The Morgan fingerprint density at radius 1 is 1.56 bits per heavy atom. The summed E-state index contributed by atoms with van der Waals surface area (Å²) in [6.45, 7) is 0. The monoisotopic (exact) mass is 283 g/mol. The van der Waals surface area contributed by atoms with E-state index in [9.17, 15) is 4.79 Å². The number of aliphatic imine (C=N–C) groups is 1. The molecule has 0 saturated carbocycles. The van der Waals surface area contributed by atoms with Crippen LogP contribution >= 0.6 is 23.4 Å². The molecule has 0 aromatic heterocycles. The molecule has 0 bridgehead atoms. The summed E-state index contributed by atoms with van der Waals surface area (Å²) in [5.41, 5.74) is 1.07. The van der Waals surface area contributed by atoms with Gasteiger partial charge in [-0.15, -0.1) is 11.8 Å². The number of carbonyl (C=O) groups excluding carboxylic acids is 1. The fraction of sp³-hybridized carbons (Fsp3) is 0.385. The zero-order valence-corrected chi connectivity index (χ0v) is 11.6. The van der Waals surface area contributed by atoms with Gasteiger partial charge in [0.1, 0.15) is 0 Å². The van der Waals surface area contributed by atoms with E-state index < -0.39 is 0 Å². The van der Waals surface area contributed by atoms with Gasteiger partial charge in [0.15, 0.2) is 0 Å². The molecule has 0 aliphatic carbocycles. The van der Waals surface area contributed by atoms with Crippen LogP contribution in [0.15, 0.2) is 29.3 Å². The second-order valence-electron chi connectivity index (χ2n) is 4.04. The SMILES string of the molecule is COC(=O)CC1CSC(Cc2ccccc2Cl)=N1. The fourth-order valence-corrected chi connectivity index (χ4v) is 3.01. The first-order valence-corrected chi connectivity index (χ1v) is 7.05. The van der Waals surface area contributed by atoms with Gasteiger partial charge >= 0.3 is 5.97 Å². The number of halogens is 1. The van der Waals surface area contributed by atoms with Crippen molar-refractivity contribution in [1.82, 2.24) is 0 Å². The second kappa shape index (κ2) is 6.25. The molecule has 1 aliphatic heterocycles. The van der Waals surface area contributed by atoms with E-state index in [0.717, 1.165) is 27.8 Å². The van der Waals surface area contributed by atoms with Gasteiger partial charge in [0.25, 0.3) is 0 Å². The maximum absolute atomic E-state index is 11.2. The van der Waals surface area contributed by atoms with Gasteiger partial charge in [0.05, 0.1) is 24.6 Å². The van der Waals surface area contributed by atoms with Crippen LogP contribution in [0.25, 0.3) is 0 Å². The first-order valence-electron chi connectivity index (χ1n) is 5.68. The highest BCUT2D eigenvalue weighted by molar-refractivity contribution is 8.14. The Balaban J connectivity index is 1.97. The Morgan fingerprint density at radius 3 is 3.06 bits per heavy atom. The predicted molar refractivity (Wildman–Crippen MR) is 75.5 cm³/mol. The predicted octanol–water partition coefficient (Wildman–Crippen LogP) is 2.96. The van der Waals surface area contributed by atoms with Crippen molar-refractivity contribution < 1.29 is 9.53 Å². The van der Waals surface area contributed by atoms with Crippen LogP contribution in [0, 0.1) is 0 Å². The number of benzene rings is 1. The van der Waals surface area contributed by atoms with Crippen LogP contribution in [0.2, 0.25) is 5.02 Å². The van der Waals surface area contributed by atoms with Crippen molar-refractivity contribution in [3.8, 4) is 0 Å². The van der Waals surface area contributed by atoms with E-state index in [1.807, 2.05) is 24.3 Å². The Morgan fingerprint density at radius 2 is 2.33 bits per heavy atom. The van der Waals surface area contributed by atoms with Crippen molar-refractivity contribution in [2.24, 2.45) is 4.99 Å². The van der Waals surface area contributed by atoms with Crippen molar-refractivity contribution in [3.63, 3.8) is 0 Å². The third-order valence-electron chi connectivity index (χ3n) is 2.70. The Hall–Kier alpha value is -1.00. The molecular formula is C13H14ClNO2S. The van der Waals surface area contributed by atoms with Gasteiger partial charge in [0, 0.05) is 17.2 Å². The van der Waals surface area contributed by atoms with Crippen LogP contribution in [0.5, 0.6) is 0 Å². The molecule has 96 valence electrons. The van der Waals surface area contributed by atoms with Gasteiger partial charge in [-0.2, -0.15) is 0 Å². The van der Waals surface area contributed by atoms with Crippen LogP contribution in [0.1, 0.15) is 12.0 Å². The number of carbonyl (C=O) groups is 1. The quantitative estimate of drug-likeness (QED) is 0.798. The van der Waals surface area contributed by atoms with Crippen LogP contribution < -0.4 is 0 Å². The molecule has 0 radical (unpaired) electrons. The van der Waals surface area contributed by atoms with Crippen LogP contribution in [-0.2, 0) is 16.0 Å². The van der Waals surface area contributed by atoms with E-state index in [-0.39, 0.29) is 12.0 Å². The number of hydrogen-bond acceptors (Lipinski definition) is 4. The summed E-state index contributed by atoms with van der Waals surface area (Å²) >= 11 is 7.80. The third-order valence-corrected chi connectivity index (χ3v) is 4.20. The van der Waals surface area contributed by atoms with Gasteiger partial charge in [-0.1, -0.05) is 29.8 Å². The number of nitrogens with zero attached hydrogens (tertiary/aromatic N) is 1. The van der Waals surface area contributed by atoms with Crippen LogP contribution in [0.3, 0.4) is 0 Å². The first kappa shape index (κ1) is 13.4. The zero-order chi connectivity index (χ0) is 13.0. The molecule has 18 heavy (non-hydrogen) atoms. The fourth-order valence-electron chi connectivity index (χ4n) is 1.75. The summed E-state index contributed by atoms with van der Waals surface area (Å²) in [5.74, 6) is 0.637. The van der Waals surface area contributed by atoms with Crippen LogP contribution in [-0.4, -0.2) is 29.9 Å². The highest BCUT2D eigenvalue weighted by Crippen LogP contribution is 2.25. The van der Waals surface area contributed by atoms with Crippen molar-refractivity contribution in [2.75, 3.05) is 12.9 Å². The smallest absolute Gasteiger partial charge is 0.307 e. The zero-order valence-electron chi connectivity index (χ0n) is 10.1. The summed E-state index contributed by atoms with van der Waals surface area (Å²) in [5, 5.41) is 1.80. The third kappa shape index (κ3) is 3.50. The minimum absolute atomic E-state index is 0.0416. The molecule has 5 heteroatoms. The molecule has 0 fully saturated rings. The molecule has 1 atom stereocenters. The lowest BCUT2D eigenvalue weighted by molar-refractivity contribution is -0.140. The highest BCUT2D eigenvalue weighted by Gasteiger charge is 2.21. The average Bonchev–Trinajstić information content (AvgIpc) is 2.79. The van der Waals surface area contributed by atoms with Gasteiger partial charge in [0.2, 0.25) is 0 Å². The minimum atomic E-state index is -0.205. The molecule has 3 nitrogen and oxygen atoms in total. The van der Waals surface area contributed by atoms with E-state index >= 15 is 0 Å². The Labute approximate surface area is 116 Å². The maximum atomic E-state index is 11.2. The molecule has 1 aromatic carbocycles. The molecule has 0 amide bonds. The summed E-state index contributed by atoms with van der Waals surface area (Å²) in [6, 6.07) is 7.80. The van der Waals surface area contributed by atoms with Crippen molar-refractivity contribution in [2.45, 2.75) is 18.9 Å². The molecule has 1 aromatic rings. The Kier molecular flexibility index (Phi) is 4.66. The van der Waals surface area contributed by atoms with Gasteiger partial charge < -0.3 is 4.74 Å². The maximum Gasteiger partial charge on any atom is 0.307 e. The number of hydrogen-bond donors (Lipinski definition) is 0. The first-order chi connectivity index (χ1) is 8.69. The average molecular weight is 284 g/mol. The lowest BCUT2D eigenvalue weighted by atomic mass is 10.1. The lowest BCUT2D eigenvalue weighted by Crippen LogP contribution is -2.12. The van der Waals surface area contributed by atoms with E-state index in [1.165, 1.54) is 7.11 Å². The van der Waals surface area contributed by atoms with E-state index in [0.29, 0.717) is 6.42 Å². The van der Waals surface area contributed by atoms with Crippen molar-refractivity contribution in [1.29, 1.82) is 0 Å². The standard InChI is InChI=1S/C13H14ClNO2S/c1-17-13(16)7-10-8-18-12(15-10)6-9-4-2-3-5-11(9)14/h2-5,10H,6-8H2,1H3. The van der Waals surface area contributed by atoms with Crippen molar-refractivity contribution >= 4 is 34.4 Å². The number of methoxy groups -OCH3 is 1. The molecule has 1 unspecified atom stereocenters. The minimum Gasteiger partial charge on any atom is -0.469 e. The number of rotatable bonds is 4. The molecule has 2 rings (SSSR count). The number of esters is 1.